The lowest BCUT2D eigenvalue weighted by atomic mass is 10.0. The van der Waals surface area contributed by atoms with Gasteiger partial charge in [-0.2, -0.15) is 0 Å². The number of thioether (sulfide) groups is 1. The summed E-state index contributed by atoms with van der Waals surface area (Å²) in [6, 6.07) is 3.54. The Balaban J connectivity index is 2.02. The maximum atomic E-state index is 12.1. The van der Waals surface area contributed by atoms with Crippen molar-refractivity contribution in [1.29, 1.82) is 0 Å². The molecule has 0 bridgehead atoms. The highest BCUT2D eigenvalue weighted by Gasteiger charge is 2.21. The van der Waals surface area contributed by atoms with Crippen LogP contribution in [0.25, 0.3) is 10.7 Å². The Morgan fingerprint density at radius 1 is 1.38 bits per heavy atom. The lowest BCUT2D eigenvalue weighted by Gasteiger charge is -2.19. The molecule has 0 radical (unpaired) electrons. The van der Waals surface area contributed by atoms with Gasteiger partial charge in [-0.1, -0.05) is 31.7 Å². The maximum absolute atomic E-state index is 12.1. The highest BCUT2D eigenvalue weighted by atomic mass is 32.2. The topological polar surface area (TPSA) is 76.9 Å². The zero-order valence-electron chi connectivity index (χ0n) is 14.3. The normalized spacial score (nSPS) is 12.4. The molecule has 2 heterocycles. The van der Waals surface area contributed by atoms with E-state index in [-0.39, 0.29) is 23.4 Å². The van der Waals surface area contributed by atoms with Crippen LogP contribution in [0.3, 0.4) is 0 Å². The van der Waals surface area contributed by atoms with Gasteiger partial charge in [0.05, 0.1) is 16.7 Å². The number of rotatable bonds is 8. The summed E-state index contributed by atoms with van der Waals surface area (Å²) < 4.78 is 1.99. The van der Waals surface area contributed by atoms with E-state index in [0.29, 0.717) is 5.16 Å². The van der Waals surface area contributed by atoms with Crippen molar-refractivity contribution in [3.8, 4) is 10.7 Å². The molecular weight excluding hydrogens is 344 g/mol. The molecule has 2 aromatic rings. The van der Waals surface area contributed by atoms with Crippen LogP contribution in [-0.4, -0.2) is 38.2 Å². The summed E-state index contributed by atoms with van der Waals surface area (Å²) in [5.74, 6) is 0.900. The van der Waals surface area contributed by atoms with Gasteiger partial charge >= 0.3 is 0 Å². The molecule has 1 N–H and O–H groups in total. The van der Waals surface area contributed by atoms with E-state index in [1.807, 2.05) is 42.9 Å². The predicted molar refractivity (Wildman–Crippen MR) is 97.2 cm³/mol. The highest BCUT2D eigenvalue weighted by molar-refractivity contribution is 7.99. The number of nitrogens with zero attached hydrogens (tertiary/aromatic N) is 3. The Labute approximate surface area is 150 Å². The molecule has 0 saturated carbocycles. The first-order valence-corrected chi connectivity index (χ1v) is 9.70. The molecule has 2 rings (SSSR count). The number of hydrogen-bond acceptors (Lipinski definition) is 6. The number of Topliss-reactive ketones (excluding diaryl/α,β-unsaturated/α-hetero) is 1. The van der Waals surface area contributed by atoms with Crippen LogP contribution in [0.4, 0.5) is 0 Å². The molecule has 0 fully saturated rings. The van der Waals surface area contributed by atoms with E-state index in [2.05, 4.69) is 15.5 Å². The molecule has 1 unspecified atom stereocenters. The fraction of sp³-hybridized carbons (Fsp3) is 0.500. The highest BCUT2D eigenvalue weighted by Crippen LogP contribution is 2.27. The van der Waals surface area contributed by atoms with Crippen LogP contribution < -0.4 is 5.32 Å². The van der Waals surface area contributed by atoms with Gasteiger partial charge in [-0.15, -0.1) is 21.5 Å². The molecule has 0 spiro atoms. The van der Waals surface area contributed by atoms with E-state index in [9.17, 15) is 9.59 Å². The zero-order chi connectivity index (χ0) is 17.7. The Bertz CT molecular complexity index is 695. The van der Waals surface area contributed by atoms with E-state index in [4.69, 9.17) is 0 Å². The third-order valence-corrected chi connectivity index (χ3v) is 5.36. The Kier molecular flexibility index (Phi) is 6.56. The van der Waals surface area contributed by atoms with Crippen LogP contribution in [0.15, 0.2) is 22.7 Å². The minimum Gasteiger partial charge on any atom is -0.345 e. The molecular formula is C16H22N4O2S2. The third kappa shape index (κ3) is 4.45. The van der Waals surface area contributed by atoms with Crippen molar-refractivity contribution in [2.75, 3.05) is 5.75 Å². The van der Waals surface area contributed by atoms with Gasteiger partial charge in [0.15, 0.2) is 16.8 Å². The summed E-state index contributed by atoms with van der Waals surface area (Å²) in [6.45, 7) is 8.08. The Hall–Kier alpha value is -1.67. The van der Waals surface area contributed by atoms with Gasteiger partial charge in [0.25, 0.3) is 0 Å². The average molecular weight is 367 g/mol. The molecule has 0 aliphatic heterocycles. The van der Waals surface area contributed by atoms with Gasteiger partial charge < -0.3 is 9.88 Å². The van der Waals surface area contributed by atoms with E-state index < -0.39 is 6.04 Å². The van der Waals surface area contributed by atoms with Crippen LogP contribution >= 0.6 is 23.1 Å². The Morgan fingerprint density at radius 3 is 2.67 bits per heavy atom. The minimum atomic E-state index is -0.441. The molecule has 1 amide bonds. The van der Waals surface area contributed by atoms with Crippen molar-refractivity contribution in [2.24, 2.45) is 5.92 Å². The average Bonchev–Trinajstić information content (AvgIpc) is 3.18. The molecule has 8 heteroatoms. The zero-order valence-corrected chi connectivity index (χ0v) is 15.9. The SMILES string of the molecule is CCn1c(SCC(=O)NC(C(C)=O)C(C)C)nnc1-c1cccs1. The number of nitrogens with one attached hydrogen (secondary N) is 1. The minimum absolute atomic E-state index is 0.0277. The number of aromatic nitrogens is 3. The summed E-state index contributed by atoms with van der Waals surface area (Å²) >= 11 is 2.94. The van der Waals surface area contributed by atoms with Crippen molar-refractivity contribution in [1.82, 2.24) is 20.1 Å². The first-order chi connectivity index (χ1) is 11.4. The van der Waals surface area contributed by atoms with Crippen LogP contribution in [0.2, 0.25) is 0 Å². The van der Waals surface area contributed by atoms with Gasteiger partial charge in [0, 0.05) is 6.54 Å². The van der Waals surface area contributed by atoms with E-state index in [1.54, 1.807) is 11.3 Å². The fourth-order valence-electron chi connectivity index (χ4n) is 2.35. The second kappa shape index (κ2) is 8.43. The number of ketones is 1. The first-order valence-electron chi connectivity index (χ1n) is 7.83. The molecule has 0 aliphatic rings. The summed E-state index contributed by atoms with van der Waals surface area (Å²) in [4.78, 5) is 24.8. The van der Waals surface area contributed by atoms with E-state index in [1.165, 1.54) is 18.7 Å². The van der Waals surface area contributed by atoms with Gasteiger partial charge in [0.2, 0.25) is 5.91 Å². The summed E-state index contributed by atoms with van der Waals surface area (Å²) in [6.07, 6.45) is 0. The number of thiophene rings is 1. The van der Waals surface area contributed by atoms with Crippen LogP contribution in [0, 0.1) is 5.92 Å². The third-order valence-electron chi connectivity index (χ3n) is 3.53. The van der Waals surface area contributed by atoms with Crippen molar-refractivity contribution in [3.63, 3.8) is 0 Å². The lowest BCUT2D eigenvalue weighted by Crippen LogP contribution is -2.44. The molecule has 6 nitrogen and oxygen atoms in total. The van der Waals surface area contributed by atoms with Crippen molar-refractivity contribution < 1.29 is 9.59 Å². The second-order valence-corrected chi connectivity index (χ2v) is 7.61. The van der Waals surface area contributed by atoms with Crippen molar-refractivity contribution >= 4 is 34.8 Å². The Morgan fingerprint density at radius 2 is 2.12 bits per heavy atom. The molecule has 130 valence electrons. The maximum Gasteiger partial charge on any atom is 0.231 e. The second-order valence-electron chi connectivity index (χ2n) is 5.72. The summed E-state index contributed by atoms with van der Waals surface area (Å²) in [5, 5.41) is 13.9. The molecule has 0 saturated heterocycles. The molecule has 1 atom stereocenters. The lowest BCUT2D eigenvalue weighted by molar-refractivity contribution is -0.126. The van der Waals surface area contributed by atoms with Gasteiger partial charge in [-0.3, -0.25) is 9.59 Å². The van der Waals surface area contributed by atoms with Crippen molar-refractivity contribution in [2.45, 2.75) is 45.4 Å². The quantitative estimate of drug-likeness (QED) is 0.727. The molecule has 0 aliphatic carbocycles. The summed E-state index contributed by atoms with van der Waals surface area (Å²) in [7, 11) is 0. The monoisotopic (exact) mass is 366 g/mol. The number of carbonyl (C=O) groups excluding carboxylic acids is 2. The van der Waals surface area contributed by atoms with Crippen LogP contribution in [0.5, 0.6) is 0 Å². The predicted octanol–water partition coefficient (Wildman–Crippen LogP) is 2.85. The largest absolute Gasteiger partial charge is 0.345 e. The fourth-order valence-corrected chi connectivity index (χ4v) is 3.88. The summed E-state index contributed by atoms with van der Waals surface area (Å²) in [5.41, 5.74) is 0. The van der Waals surface area contributed by atoms with Crippen molar-refractivity contribution in [3.05, 3.63) is 17.5 Å². The molecule has 24 heavy (non-hydrogen) atoms. The van der Waals surface area contributed by atoms with Gasteiger partial charge in [-0.05, 0) is 31.2 Å². The standard InChI is InChI=1S/C16H22N4O2S2/c1-5-20-15(12-7-6-8-23-12)18-19-16(20)24-9-13(22)17-14(10(2)3)11(4)21/h6-8,10,14H,5,9H2,1-4H3,(H,17,22). The van der Waals surface area contributed by atoms with Crippen LogP contribution in [0.1, 0.15) is 27.7 Å². The molecule has 2 aromatic heterocycles. The first kappa shape index (κ1) is 18.7. The van der Waals surface area contributed by atoms with E-state index in [0.717, 1.165) is 17.2 Å². The van der Waals surface area contributed by atoms with Gasteiger partial charge in [0.1, 0.15) is 0 Å². The number of carbonyl (C=O) groups is 2. The number of amides is 1. The number of hydrogen-bond donors (Lipinski definition) is 1. The smallest absolute Gasteiger partial charge is 0.231 e. The van der Waals surface area contributed by atoms with Gasteiger partial charge in [-0.25, -0.2) is 0 Å². The van der Waals surface area contributed by atoms with Crippen LogP contribution in [-0.2, 0) is 16.1 Å². The molecule has 0 aromatic carbocycles. The van der Waals surface area contributed by atoms with E-state index >= 15 is 0 Å².